The Morgan fingerprint density at radius 2 is 1.65 bits per heavy atom. The maximum Gasteiger partial charge on any atom is 1.00 e. The van der Waals surface area contributed by atoms with Crippen molar-refractivity contribution in [1.82, 2.24) is 0 Å². The van der Waals surface area contributed by atoms with Crippen molar-refractivity contribution < 1.29 is 69.5 Å². The van der Waals surface area contributed by atoms with Crippen LogP contribution in [0, 0.1) is 0 Å². The standard InChI is InChI=1S/C30H36N4O4S.K/c1-6-25-12-10-17-29(18-25)34(21-23(3)33(5)28-15-8-7-9-16-28)22(2)20-31-30(35)32-27-14-11-13-26(19-27)24(4)39(36,37)38;/h7-19,24H,2-3,6,20-21H2,1,4-5H3,(H2,31,32,35)(H,36,37,38);/q;+1/p-1. The largest absolute Gasteiger partial charge is 1.00 e. The monoisotopic (exact) mass is 586 g/mol. The summed E-state index contributed by atoms with van der Waals surface area (Å²) in [6.45, 7) is 12.4. The molecule has 0 bridgehead atoms. The average Bonchev–Trinajstić information content (AvgIpc) is 2.93. The molecule has 0 aliphatic rings. The van der Waals surface area contributed by atoms with Gasteiger partial charge in [-0.2, -0.15) is 8.42 Å². The summed E-state index contributed by atoms with van der Waals surface area (Å²) in [5.74, 6) is 0. The number of anilines is 3. The van der Waals surface area contributed by atoms with Gasteiger partial charge in [0.1, 0.15) is 5.25 Å². The molecule has 3 aromatic carbocycles. The van der Waals surface area contributed by atoms with Gasteiger partial charge in [0.15, 0.2) is 0 Å². The molecule has 206 valence electrons. The maximum atomic E-state index is 12.6. The molecular formula is C30H35KN4O4S. The Labute approximate surface area is 280 Å². The summed E-state index contributed by atoms with van der Waals surface area (Å²) in [6, 6.07) is 23.7. The van der Waals surface area contributed by atoms with E-state index < -0.39 is 21.4 Å². The zero-order valence-electron chi connectivity index (χ0n) is 23.5. The molecule has 0 fully saturated rings. The summed E-state index contributed by atoms with van der Waals surface area (Å²) in [4.78, 5) is 8.14. The van der Waals surface area contributed by atoms with Gasteiger partial charge in [0.25, 0.3) is 10.1 Å². The predicted octanol–water partition coefficient (Wildman–Crippen LogP) is 2.00. The predicted molar refractivity (Wildman–Crippen MR) is 159 cm³/mol. The Balaban J connectivity index is 0.00000560. The van der Waals surface area contributed by atoms with E-state index in [0.717, 1.165) is 23.5 Å². The van der Waals surface area contributed by atoms with E-state index in [-0.39, 0.29) is 57.9 Å². The van der Waals surface area contributed by atoms with E-state index in [2.05, 4.69) is 42.5 Å². The van der Waals surface area contributed by atoms with E-state index in [1.54, 1.807) is 18.2 Å². The van der Waals surface area contributed by atoms with Gasteiger partial charge in [0, 0.05) is 35.5 Å². The number of hydrogen-bond donors (Lipinski definition) is 2. The summed E-state index contributed by atoms with van der Waals surface area (Å²) in [6.07, 6.45) is 0.876. The minimum absolute atomic E-state index is 0. The van der Waals surface area contributed by atoms with Crippen LogP contribution in [0.5, 0.6) is 0 Å². The molecular weight excluding hydrogens is 552 g/mol. The number of rotatable bonds is 12. The number of hydrogen-bond acceptors (Lipinski definition) is 6. The molecule has 3 rings (SSSR count). The molecule has 0 heterocycles. The minimum atomic E-state index is -4.26. The number of likely N-dealkylation sites (N-methyl/N-ethyl adjacent to an activating group) is 1. The van der Waals surface area contributed by atoms with Crippen LogP contribution in [-0.4, -0.2) is 39.1 Å². The first-order valence-corrected chi connectivity index (χ1v) is 14.1. The number of aryl methyl sites for hydroxylation is 1. The van der Waals surface area contributed by atoms with E-state index in [4.69, 9.17) is 0 Å². The topological polar surface area (TPSA) is 108 Å². The van der Waals surface area contributed by atoms with Crippen LogP contribution in [-0.2, 0) is 16.5 Å². The molecule has 10 heteroatoms. The molecule has 1 atom stereocenters. The second kappa shape index (κ2) is 15.5. The molecule has 3 aromatic rings. The van der Waals surface area contributed by atoms with Gasteiger partial charge in [0.2, 0.25) is 0 Å². The van der Waals surface area contributed by atoms with Crippen molar-refractivity contribution in [3.63, 3.8) is 0 Å². The molecule has 0 aliphatic heterocycles. The number of nitrogens with zero attached hydrogens (tertiary/aromatic N) is 3. The van der Waals surface area contributed by atoms with Gasteiger partial charge in [-0.3, -0.25) is 9.55 Å². The molecule has 0 saturated carbocycles. The molecule has 8 nitrogen and oxygen atoms in total. The second-order valence-electron chi connectivity index (χ2n) is 9.17. The van der Waals surface area contributed by atoms with Gasteiger partial charge in [-0.1, -0.05) is 62.5 Å². The van der Waals surface area contributed by atoms with E-state index >= 15 is 0 Å². The van der Waals surface area contributed by atoms with Crippen molar-refractivity contribution >= 4 is 33.2 Å². The van der Waals surface area contributed by atoms with Gasteiger partial charge >= 0.3 is 51.4 Å². The molecule has 0 aromatic heterocycles. The fourth-order valence-corrected chi connectivity index (χ4v) is 4.40. The number of aliphatic imine (C=N–C) groups is 1. The second-order valence-corrected chi connectivity index (χ2v) is 10.9. The zero-order valence-corrected chi connectivity index (χ0v) is 27.5. The number of benzene rings is 3. The van der Waals surface area contributed by atoms with Crippen molar-refractivity contribution in [3.05, 3.63) is 115 Å². The number of para-hydroxylation sites is 1. The molecule has 1 unspecified atom stereocenters. The third-order valence-corrected chi connectivity index (χ3v) is 7.60. The third-order valence-electron chi connectivity index (χ3n) is 6.43. The van der Waals surface area contributed by atoms with Gasteiger partial charge < -0.3 is 20.2 Å². The average molecular weight is 587 g/mol. The van der Waals surface area contributed by atoms with Crippen molar-refractivity contribution in [2.45, 2.75) is 25.5 Å². The summed E-state index contributed by atoms with van der Waals surface area (Å²) in [5, 5.41) is 14.2. The van der Waals surface area contributed by atoms with Crippen LogP contribution in [0.25, 0.3) is 0 Å². The van der Waals surface area contributed by atoms with Crippen LogP contribution in [0.1, 0.15) is 30.2 Å². The van der Waals surface area contributed by atoms with Gasteiger partial charge in [-0.05, 0) is 60.9 Å². The summed E-state index contributed by atoms with van der Waals surface area (Å²) in [7, 11) is -2.31. The fourth-order valence-electron chi connectivity index (χ4n) is 3.91. The van der Waals surface area contributed by atoms with Gasteiger partial charge in [-0.25, -0.2) is 0 Å². The van der Waals surface area contributed by atoms with E-state index in [1.807, 2.05) is 59.3 Å². The molecule has 2 N–H and O–H groups in total. The minimum Gasteiger partial charge on any atom is -0.846 e. The number of nitrogens with one attached hydrogen (secondary N) is 1. The molecule has 0 radical (unpaired) electrons. The Kier molecular flexibility index (Phi) is 13.1. The number of amidine groups is 1. The molecule has 40 heavy (non-hydrogen) atoms. The normalized spacial score (nSPS) is 12.2. The summed E-state index contributed by atoms with van der Waals surface area (Å²) in [5.41, 5.74) is 5.25. The molecule has 0 aliphatic carbocycles. The van der Waals surface area contributed by atoms with E-state index in [1.165, 1.54) is 18.6 Å². The van der Waals surface area contributed by atoms with Crippen LogP contribution in [0.4, 0.5) is 17.1 Å². The summed E-state index contributed by atoms with van der Waals surface area (Å²) >= 11 is 0. The quantitative estimate of drug-likeness (QED) is 0.145. The maximum absolute atomic E-state index is 12.6. The smallest absolute Gasteiger partial charge is 0.846 e. The first kappa shape index (κ1) is 33.8. The van der Waals surface area contributed by atoms with Gasteiger partial charge in [0.05, 0.1) is 19.1 Å². The Morgan fingerprint density at radius 3 is 2.30 bits per heavy atom. The fraction of sp³-hybridized carbons (Fsp3) is 0.233. The summed E-state index contributed by atoms with van der Waals surface area (Å²) < 4.78 is 32.3. The van der Waals surface area contributed by atoms with Crippen LogP contribution in [0.3, 0.4) is 0 Å². The Hall–Kier alpha value is -2.44. The molecule has 0 saturated heterocycles. The van der Waals surface area contributed by atoms with Crippen molar-refractivity contribution in [2.24, 2.45) is 4.99 Å². The first-order chi connectivity index (χ1) is 18.5. The van der Waals surface area contributed by atoms with Gasteiger partial charge in [-0.15, -0.1) is 0 Å². The van der Waals surface area contributed by atoms with E-state index in [9.17, 15) is 18.1 Å². The van der Waals surface area contributed by atoms with E-state index in [0.29, 0.717) is 23.5 Å². The van der Waals surface area contributed by atoms with Crippen molar-refractivity contribution in [3.8, 4) is 0 Å². The van der Waals surface area contributed by atoms with Crippen molar-refractivity contribution in [2.75, 3.05) is 35.3 Å². The zero-order chi connectivity index (χ0) is 28.6. The first-order valence-electron chi connectivity index (χ1n) is 12.5. The van der Waals surface area contributed by atoms with Crippen LogP contribution >= 0.6 is 0 Å². The Bertz CT molecular complexity index is 1440. The van der Waals surface area contributed by atoms with Crippen molar-refractivity contribution in [1.29, 1.82) is 0 Å². The third kappa shape index (κ3) is 9.59. The van der Waals surface area contributed by atoms with Crippen LogP contribution < -0.4 is 71.6 Å². The van der Waals surface area contributed by atoms with Crippen LogP contribution in [0.2, 0.25) is 0 Å². The SMILES string of the molecule is C=C(CN(C(=C)CN=C([O-])Nc1cccc(C(C)S(=O)(=O)O)c1)c1cccc(CC)c1)N(C)c1ccccc1.[K+]. The molecule has 0 spiro atoms. The molecule has 0 amide bonds. The Morgan fingerprint density at radius 1 is 1.00 bits per heavy atom. The van der Waals surface area contributed by atoms with Crippen LogP contribution in [0.15, 0.2) is 108 Å².